The Morgan fingerprint density at radius 1 is 0.800 bits per heavy atom. The van der Waals surface area contributed by atoms with Gasteiger partial charge in [0.1, 0.15) is 6.04 Å². The molecule has 0 aromatic heterocycles. The average molecular weight is 524 g/mol. The zero-order valence-electron chi connectivity index (χ0n) is 18.1. The molecule has 0 bridgehead atoms. The van der Waals surface area contributed by atoms with Crippen LogP contribution in [0, 0.1) is 11.8 Å². The van der Waals surface area contributed by atoms with Crippen LogP contribution in [-0.4, -0.2) is 28.5 Å². The van der Waals surface area contributed by atoms with E-state index in [2.05, 4.69) is 0 Å². The molecule has 4 atom stereocenters. The lowest BCUT2D eigenvalue weighted by molar-refractivity contribution is -0.123. The van der Waals surface area contributed by atoms with E-state index in [4.69, 9.17) is 34.8 Å². The van der Waals surface area contributed by atoms with Crippen LogP contribution in [0.3, 0.4) is 0 Å². The Bertz CT molecular complexity index is 1440. The van der Waals surface area contributed by atoms with Crippen LogP contribution >= 0.6 is 34.8 Å². The molecule has 2 amide bonds. The largest absolute Gasteiger partial charge is 0.358 e. The number of carbonyl (C=O) groups is 3. The van der Waals surface area contributed by atoms with Gasteiger partial charge < -0.3 is 4.90 Å². The molecule has 8 heteroatoms. The molecule has 3 aromatic rings. The minimum absolute atomic E-state index is 0.204. The smallest absolute Gasteiger partial charge is 0.240 e. The fraction of sp³-hybridized carbons (Fsp3) is 0.148. The fourth-order valence-electron chi connectivity index (χ4n) is 5.55. The highest BCUT2D eigenvalue weighted by Crippen LogP contribution is 2.54. The van der Waals surface area contributed by atoms with Crippen LogP contribution < -0.4 is 4.90 Å². The zero-order chi connectivity index (χ0) is 24.4. The third kappa shape index (κ3) is 3.33. The molecule has 174 valence electrons. The Balaban J connectivity index is 1.50. The molecule has 4 unspecified atom stereocenters. The van der Waals surface area contributed by atoms with Gasteiger partial charge in [-0.1, -0.05) is 59.1 Å². The van der Waals surface area contributed by atoms with Gasteiger partial charge in [-0.05, 0) is 59.7 Å². The van der Waals surface area contributed by atoms with E-state index in [1.54, 1.807) is 36.4 Å². The number of rotatable bonds is 3. The van der Waals surface area contributed by atoms with E-state index >= 15 is 0 Å². The maximum atomic E-state index is 13.9. The SMILES string of the molecule is O=C(c1ccc(Cl)cc1Cl)C1C2C(=O)N(c3ccc(Cl)cc3)C(=O)C2C2c3ccccc3C=CN12. The normalized spacial score (nSPS) is 24.4. The first-order valence-electron chi connectivity index (χ1n) is 11.0. The first-order valence-corrected chi connectivity index (χ1v) is 12.2. The number of imide groups is 1. The number of ketones is 1. The number of hydrogen-bond donors (Lipinski definition) is 0. The molecule has 0 aliphatic carbocycles. The molecule has 0 radical (unpaired) electrons. The second-order valence-electron chi connectivity index (χ2n) is 8.81. The Hall–Kier alpha value is -3.12. The number of amides is 2. The Morgan fingerprint density at radius 3 is 2.23 bits per heavy atom. The lowest BCUT2D eigenvalue weighted by Gasteiger charge is -2.35. The monoisotopic (exact) mass is 522 g/mol. The van der Waals surface area contributed by atoms with E-state index in [1.165, 1.54) is 11.0 Å². The molecule has 5 nitrogen and oxygen atoms in total. The molecule has 3 heterocycles. The highest BCUT2D eigenvalue weighted by atomic mass is 35.5. The highest BCUT2D eigenvalue weighted by Gasteiger charge is 2.64. The number of fused-ring (bicyclic) bond motifs is 5. The van der Waals surface area contributed by atoms with Crippen molar-refractivity contribution in [2.45, 2.75) is 12.1 Å². The summed E-state index contributed by atoms with van der Waals surface area (Å²) < 4.78 is 0. The minimum atomic E-state index is -0.901. The summed E-state index contributed by atoms with van der Waals surface area (Å²) in [4.78, 5) is 44.6. The van der Waals surface area contributed by atoms with Gasteiger partial charge in [0.2, 0.25) is 11.8 Å². The molecule has 3 aliphatic rings. The minimum Gasteiger partial charge on any atom is -0.358 e. The fourth-order valence-corrected chi connectivity index (χ4v) is 6.18. The van der Waals surface area contributed by atoms with Crippen molar-refractivity contribution in [1.82, 2.24) is 4.90 Å². The first-order chi connectivity index (χ1) is 16.9. The van der Waals surface area contributed by atoms with Crippen molar-refractivity contribution in [3.63, 3.8) is 0 Å². The zero-order valence-corrected chi connectivity index (χ0v) is 20.3. The van der Waals surface area contributed by atoms with Gasteiger partial charge in [0.05, 0.1) is 28.6 Å². The number of benzene rings is 3. The van der Waals surface area contributed by atoms with Crippen molar-refractivity contribution in [2.75, 3.05) is 4.90 Å². The predicted molar refractivity (Wildman–Crippen MR) is 136 cm³/mol. The summed E-state index contributed by atoms with van der Waals surface area (Å²) in [5, 5.41) is 1.10. The molecule has 0 saturated carbocycles. The number of halogens is 3. The van der Waals surface area contributed by atoms with Gasteiger partial charge in [-0.15, -0.1) is 0 Å². The van der Waals surface area contributed by atoms with Crippen LogP contribution in [0.1, 0.15) is 27.5 Å². The Morgan fingerprint density at radius 2 is 1.49 bits per heavy atom. The number of hydrogen-bond acceptors (Lipinski definition) is 4. The quantitative estimate of drug-likeness (QED) is 0.310. The van der Waals surface area contributed by atoms with Crippen LogP contribution in [0.4, 0.5) is 5.69 Å². The topological polar surface area (TPSA) is 57.7 Å². The van der Waals surface area contributed by atoms with Crippen molar-refractivity contribution in [3.05, 3.63) is 105 Å². The summed E-state index contributed by atoms with van der Waals surface area (Å²) in [7, 11) is 0. The van der Waals surface area contributed by atoms with Crippen LogP contribution in [0.2, 0.25) is 15.1 Å². The molecule has 3 aromatic carbocycles. The summed E-state index contributed by atoms with van der Waals surface area (Å²) in [6.07, 6.45) is 3.72. The summed E-state index contributed by atoms with van der Waals surface area (Å²) in [6, 6.07) is 17.6. The van der Waals surface area contributed by atoms with Gasteiger partial charge in [0, 0.05) is 21.8 Å². The van der Waals surface area contributed by atoms with Crippen molar-refractivity contribution in [1.29, 1.82) is 0 Å². The molecule has 0 spiro atoms. The van der Waals surface area contributed by atoms with Crippen LogP contribution in [0.25, 0.3) is 6.08 Å². The van der Waals surface area contributed by atoms with E-state index < -0.39 is 29.8 Å². The number of anilines is 1. The van der Waals surface area contributed by atoms with Gasteiger partial charge in [0.25, 0.3) is 0 Å². The van der Waals surface area contributed by atoms with Gasteiger partial charge in [-0.3, -0.25) is 14.4 Å². The summed E-state index contributed by atoms with van der Waals surface area (Å²) in [5.41, 5.74) is 2.55. The molecule has 0 N–H and O–H groups in total. The van der Waals surface area contributed by atoms with Crippen LogP contribution in [0.15, 0.2) is 72.9 Å². The maximum Gasteiger partial charge on any atom is 0.240 e. The standard InChI is InChI=1S/C27H17Cl3N2O3/c28-15-5-8-17(9-6-15)32-26(34)21-22(27(32)35)24(25(33)19-10-7-16(29)13-20(19)30)31-12-11-14-3-1-2-4-18(14)23(21)31/h1-13,21-24H. The summed E-state index contributed by atoms with van der Waals surface area (Å²) in [6.45, 7) is 0. The van der Waals surface area contributed by atoms with Crippen molar-refractivity contribution in [3.8, 4) is 0 Å². The number of carbonyl (C=O) groups excluding carboxylic acids is 3. The lowest BCUT2D eigenvalue weighted by Crippen LogP contribution is -2.44. The van der Waals surface area contributed by atoms with Crippen molar-refractivity contribution >= 4 is 64.2 Å². The third-order valence-electron chi connectivity index (χ3n) is 7.01. The first kappa shape index (κ1) is 22.4. The van der Waals surface area contributed by atoms with E-state index in [9.17, 15) is 14.4 Å². The van der Waals surface area contributed by atoms with Gasteiger partial charge in [-0.2, -0.15) is 0 Å². The number of nitrogens with zero attached hydrogens (tertiary/aromatic N) is 2. The highest BCUT2D eigenvalue weighted by molar-refractivity contribution is 6.37. The van der Waals surface area contributed by atoms with Gasteiger partial charge in [0.15, 0.2) is 5.78 Å². The second-order valence-corrected chi connectivity index (χ2v) is 10.1. The van der Waals surface area contributed by atoms with E-state index in [-0.39, 0.29) is 22.3 Å². The summed E-state index contributed by atoms with van der Waals surface area (Å²) >= 11 is 18.5. The molecule has 35 heavy (non-hydrogen) atoms. The summed E-state index contributed by atoms with van der Waals surface area (Å²) in [5.74, 6) is -2.68. The van der Waals surface area contributed by atoms with Crippen molar-refractivity contribution < 1.29 is 14.4 Å². The van der Waals surface area contributed by atoms with E-state index in [0.29, 0.717) is 15.7 Å². The third-order valence-corrected chi connectivity index (χ3v) is 7.81. The Kier molecular flexibility index (Phi) is 5.26. The lowest BCUT2D eigenvalue weighted by atomic mass is 9.83. The Labute approximate surface area is 216 Å². The molecule has 2 fully saturated rings. The molecule has 2 saturated heterocycles. The maximum absolute atomic E-state index is 13.9. The van der Waals surface area contributed by atoms with E-state index in [0.717, 1.165) is 11.1 Å². The predicted octanol–water partition coefficient (Wildman–Crippen LogP) is 6.05. The molecule has 6 rings (SSSR count). The average Bonchev–Trinajstić information content (AvgIpc) is 3.32. The second kappa shape index (κ2) is 8.23. The molecular formula is C27H17Cl3N2O3. The van der Waals surface area contributed by atoms with E-state index in [1.807, 2.05) is 41.4 Å². The van der Waals surface area contributed by atoms with Crippen LogP contribution in [0.5, 0.6) is 0 Å². The number of Topliss-reactive ketones (excluding diaryl/α,β-unsaturated/α-hetero) is 1. The molecule has 3 aliphatic heterocycles. The molecular weight excluding hydrogens is 507 g/mol. The van der Waals surface area contributed by atoms with Gasteiger partial charge in [-0.25, -0.2) is 4.90 Å². The van der Waals surface area contributed by atoms with Crippen molar-refractivity contribution in [2.24, 2.45) is 11.8 Å². The van der Waals surface area contributed by atoms with Gasteiger partial charge >= 0.3 is 0 Å². The van der Waals surface area contributed by atoms with Crippen LogP contribution in [-0.2, 0) is 9.59 Å².